The number of carbonyl (C=O) groups is 1. The molecule has 1 amide bonds. The van der Waals surface area contributed by atoms with Crippen LogP contribution in [0.25, 0.3) is 0 Å². The predicted molar refractivity (Wildman–Crippen MR) is 92.9 cm³/mol. The molecule has 1 fully saturated rings. The zero-order chi connectivity index (χ0) is 17.3. The third-order valence-electron chi connectivity index (χ3n) is 5.23. The highest BCUT2D eigenvalue weighted by Crippen LogP contribution is 2.28. The minimum absolute atomic E-state index is 0.143. The Balaban J connectivity index is 1.65. The summed E-state index contributed by atoms with van der Waals surface area (Å²) in [6.07, 6.45) is 3.72. The van der Waals surface area contributed by atoms with Gasteiger partial charge in [-0.25, -0.2) is 0 Å². The first-order chi connectivity index (χ1) is 11.5. The van der Waals surface area contributed by atoms with Crippen LogP contribution in [-0.4, -0.2) is 43.2 Å². The molecule has 1 saturated heterocycles. The van der Waals surface area contributed by atoms with Gasteiger partial charge in [-0.15, -0.1) is 10.2 Å². The van der Waals surface area contributed by atoms with Crippen LogP contribution in [0.2, 0.25) is 0 Å². The van der Waals surface area contributed by atoms with Crippen LogP contribution in [-0.2, 0) is 11.3 Å². The highest BCUT2D eigenvalue weighted by atomic mass is 16.2. The molecule has 0 saturated carbocycles. The summed E-state index contributed by atoms with van der Waals surface area (Å²) >= 11 is 0. The summed E-state index contributed by atoms with van der Waals surface area (Å²) in [5.74, 6) is 1.68. The Morgan fingerprint density at radius 3 is 2.46 bits per heavy atom. The largest absolute Gasteiger partial charge is 0.341 e. The van der Waals surface area contributed by atoms with E-state index in [0.717, 1.165) is 49.7 Å². The molecule has 2 aromatic rings. The van der Waals surface area contributed by atoms with Crippen molar-refractivity contribution < 1.29 is 4.79 Å². The Morgan fingerprint density at radius 1 is 1.25 bits per heavy atom. The zero-order valence-electron chi connectivity index (χ0n) is 15.1. The van der Waals surface area contributed by atoms with Crippen LogP contribution in [0.3, 0.4) is 0 Å². The Bertz CT molecular complexity index is 689. The molecule has 0 radical (unpaired) electrons. The van der Waals surface area contributed by atoms with E-state index >= 15 is 0 Å². The Kier molecular flexibility index (Phi) is 4.73. The lowest BCUT2D eigenvalue weighted by atomic mass is 9.95. The van der Waals surface area contributed by atoms with Crippen LogP contribution in [0, 0.1) is 13.8 Å². The van der Waals surface area contributed by atoms with E-state index in [1.54, 1.807) is 6.33 Å². The fourth-order valence-corrected chi connectivity index (χ4v) is 3.85. The van der Waals surface area contributed by atoms with Crippen LogP contribution in [0.15, 0.2) is 18.5 Å². The average molecular weight is 329 g/mol. The molecule has 0 bridgehead atoms. The normalized spacial score (nSPS) is 17.2. The van der Waals surface area contributed by atoms with Gasteiger partial charge in [0.15, 0.2) is 0 Å². The number of hydrogen-bond acceptors (Lipinski definition) is 3. The summed E-state index contributed by atoms with van der Waals surface area (Å²) in [5, 5.41) is 8.32. The van der Waals surface area contributed by atoms with Crippen molar-refractivity contribution in [2.75, 3.05) is 13.1 Å². The number of aromatic nitrogens is 4. The van der Waals surface area contributed by atoms with Crippen molar-refractivity contribution in [1.82, 2.24) is 24.2 Å². The van der Waals surface area contributed by atoms with Gasteiger partial charge in [-0.05, 0) is 52.7 Å². The van der Waals surface area contributed by atoms with Gasteiger partial charge in [-0.1, -0.05) is 0 Å². The molecule has 1 atom stereocenters. The number of likely N-dealkylation sites (tertiary alicyclic amines) is 1. The van der Waals surface area contributed by atoms with Gasteiger partial charge in [0.1, 0.15) is 18.2 Å². The first kappa shape index (κ1) is 16.7. The molecule has 0 N–H and O–H groups in total. The van der Waals surface area contributed by atoms with Crippen molar-refractivity contribution in [3.8, 4) is 0 Å². The molecule has 1 aliphatic heterocycles. The number of piperidine rings is 1. The van der Waals surface area contributed by atoms with E-state index < -0.39 is 0 Å². The second-order valence-electron chi connectivity index (χ2n) is 6.74. The van der Waals surface area contributed by atoms with Crippen molar-refractivity contribution in [2.45, 2.75) is 59.0 Å². The molecule has 1 aliphatic rings. The minimum Gasteiger partial charge on any atom is -0.341 e. The fourth-order valence-electron chi connectivity index (χ4n) is 3.85. The van der Waals surface area contributed by atoms with Crippen molar-refractivity contribution in [1.29, 1.82) is 0 Å². The maximum atomic E-state index is 12.9. The molecule has 2 aromatic heterocycles. The summed E-state index contributed by atoms with van der Waals surface area (Å²) in [6.45, 7) is 10.7. The maximum Gasteiger partial charge on any atom is 0.245 e. The third kappa shape index (κ3) is 2.97. The summed E-state index contributed by atoms with van der Waals surface area (Å²) in [5.41, 5.74) is 2.28. The minimum atomic E-state index is -0.143. The summed E-state index contributed by atoms with van der Waals surface area (Å²) in [6, 6.07) is 4.00. The second kappa shape index (κ2) is 6.79. The summed E-state index contributed by atoms with van der Waals surface area (Å²) in [4.78, 5) is 14.9. The molecular weight excluding hydrogens is 302 g/mol. The monoisotopic (exact) mass is 329 g/mol. The van der Waals surface area contributed by atoms with Gasteiger partial charge in [0.2, 0.25) is 5.91 Å². The number of carbonyl (C=O) groups excluding carboxylic acids is 1. The van der Waals surface area contributed by atoms with E-state index in [4.69, 9.17) is 0 Å². The zero-order valence-corrected chi connectivity index (χ0v) is 15.1. The number of rotatable bonds is 4. The Morgan fingerprint density at radius 2 is 1.88 bits per heavy atom. The summed E-state index contributed by atoms with van der Waals surface area (Å²) in [7, 11) is 0. The predicted octanol–water partition coefficient (Wildman–Crippen LogP) is 2.68. The van der Waals surface area contributed by atoms with Gasteiger partial charge in [0.05, 0.1) is 0 Å². The van der Waals surface area contributed by atoms with Crippen LogP contribution in [0.1, 0.15) is 55.9 Å². The lowest BCUT2D eigenvalue weighted by Gasteiger charge is -2.34. The standard InChI is InChI=1S/C18H27N5O/c1-5-21-12-19-20-17(21)16-8-10-22(11-9-16)18(24)15(4)23-13(2)6-7-14(23)3/h6-7,12,15-16H,5,8-11H2,1-4H3. The summed E-state index contributed by atoms with van der Waals surface area (Å²) < 4.78 is 4.24. The molecule has 1 unspecified atom stereocenters. The third-order valence-corrected chi connectivity index (χ3v) is 5.23. The van der Waals surface area contributed by atoms with E-state index in [-0.39, 0.29) is 11.9 Å². The molecule has 6 heteroatoms. The topological polar surface area (TPSA) is 56.0 Å². The molecule has 3 rings (SSSR count). The van der Waals surface area contributed by atoms with E-state index in [1.165, 1.54) is 0 Å². The molecule has 0 aromatic carbocycles. The number of amides is 1. The SMILES string of the molecule is CCn1cnnc1C1CCN(C(=O)C(C)n2c(C)ccc2C)CC1. The van der Waals surface area contributed by atoms with Gasteiger partial charge in [-0.2, -0.15) is 0 Å². The molecular formula is C18H27N5O. The van der Waals surface area contributed by atoms with E-state index in [0.29, 0.717) is 5.92 Å². The number of hydrogen-bond donors (Lipinski definition) is 0. The van der Waals surface area contributed by atoms with E-state index in [9.17, 15) is 4.79 Å². The van der Waals surface area contributed by atoms with Crippen LogP contribution >= 0.6 is 0 Å². The van der Waals surface area contributed by atoms with Gasteiger partial charge >= 0.3 is 0 Å². The Hall–Kier alpha value is -2.11. The highest BCUT2D eigenvalue weighted by Gasteiger charge is 2.29. The quantitative estimate of drug-likeness (QED) is 0.866. The van der Waals surface area contributed by atoms with E-state index in [1.807, 2.05) is 11.8 Å². The molecule has 3 heterocycles. The number of aryl methyl sites for hydroxylation is 3. The molecule has 0 spiro atoms. The van der Waals surface area contributed by atoms with Gasteiger partial charge in [-0.3, -0.25) is 4.79 Å². The second-order valence-corrected chi connectivity index (χ2v) is 6.74. The lowest BCUT2D eigenvalue weighted by molar-refractivity contribution is -0.135. The molecule has 6 nitrogen and oxygen atoms in total. The van der Waals surface area contributed by atoms with Gasteiger partial charge < -0.3 is 14.0 Å². The highest BCUT2D eigenvalue weighted by molar-refractivity contribution is 5.80. The van der Waals surface area contributed by atoms with Crippen LogP contribution in [0.4, 0.5) is 0 Å². The average Bonchev–Trinajstić information content (AvgIpc) is 3.20. The van der Waals surface area contributed by atoms with Gasteiger partial charge in [0, 0.05) is 36.9 Å². The maximum absolute atomic E-state index is 12.9. The van der Waals surface area contributed by atoms with Gasteiger partial charge in [0.25, 0.3) is 0 Å². The van der Waals surface area contributed by atoms with Crippen LogP contribution < -0.4 is 0 Å². The molecule has 0 aliphatic carbocycles. The Labute approximate surface area is 143 Å². The first-order valence-electron chi connectivity index (χ1n) is 8.83. The van der Waals surface area contributed by atoms with Crippen molar-refractivity contribution in [3.63, 3.8) is 0 Å². The van der Waals surface area contributed by atoms with Crippen molar-refractivity contribution in [3.05, 3.63) is 35.7 Å². The number of nitrogens with zero attached hydrogens (tertiary/aromatic N) is 5. The van der Waals surface area contributed by atoms with E-state index in [2.05, 4.69) is 52.2 Å². The fraction of sp³-hybridized carbons (Fsp3) is 0.611. The lowest BCUT2D eigenvalue weighted by Crippen LogP contribution is -2.42. The first-order valence-corrected chi connectivity index (χ1v) is 8.83. The van der Waals surface area contributed by atoms with Crippen molar-refractivity contribution >= 4 is 5.91 Å². The molecule has 130 valence electrons. The van der Waals surface area contributed by atoms with Crippen LogP contribution in [0.5, 0.6) is 0 Å². The van der Waals surface area contributed by atoms with Crippen molar-refractivity contribution in [2.24, 2.45) is 0 Å². The smallest absolute Gasteiger partial charge is 0.245 e. The molecule has 24 heavy (non-hydrogen) atoms.